The topological polar surface area (TPSA) is 80.5 Å². The number of ether oxygens (including phenoxy) is 1. The zero-order valence-corrected chi connectivity index (χ0v) is 17.5. The van der Waals surface area contributed by atoms with Gasteiger partial charge in [0.2, 0.25) is 0 Å². The number of amides is 2. The van der Waals surface area contributed by atoms with Crippen molar-refractivity contribution in [2.75, 3.05) is 20.1 Å². The normalized spacial score (nSPS) is 10.6. The lowest BCUT2D eigenvalue weighted by atomic mass is 10.1. The molecule has 0 aliphatic carbocycles. The van der Waals surface area contributed by atoms with Crippen LogP contribution in [0.1, 0.15) is 29.8 Å². The first-order valence-corrected chi connectivity index (χ1v) is 10.2. The monoisotopic (exact) mass is 408 g/mol. The summed E-state index contributed by atoms with van der Waals surface area (Å²) in [5, 5.41) is 6.89. The van der Waals surface area contributed by atoms with Gasteiger partial charge in [-0.15, -0.1) is 0 Å². The summed E-state index contributed by atoms with van der Waals surface area (Å²) in [7, 11) is 1.75. The second-order valence-corrected chi connectivity index (χ2v) is 7.03. The van der Waals surface area contributed by atoms with Gasteiger partial charge in [-0.1, -0.05) is 54.5 Å². The van der Waals surface area contributed by atoms with Gasteiger partial charge in [-0.05, 0) is 36.1 Å². The summed E-state index contributed by atoms with van der Waals surface area (Å²) >= 11 is 0. The van der Waals surface area contributed by atoms with Crippen LogP contribution >= 0.6 is 0 Å². The van der Waals surface area contributed by atoms with E-state index >= 15 is 0 Å². The van der Waals surface area contributed by atoms with Gasteiger partial charge in [-0.3, -0.25) is 0 Å². The van der Waals surface area contributed by atoms with E-state index in [1.165, 1.54) is 11.1 Å². The number of likely N-dealkylation sites (N-methyl/N-ethyl adjacent to an activating group) is 1. The molecule has 0 fully saturated rings. The molecule has 1 heterocycles. The molecular weight excluding hydrogens is 380 g/mol. The van der Waals surface area contributed by atoms with E-state index in [0.717, 1.165) is 18.6 Å². The lowest BCUT2D eigenvalue weighted by Gasteiger charge is -2.17. The molecule has 158 valence electrons. The molecule has 7 nitrogen and oxygen atoms in total. The van der Waals surface area contributed by atoms with Gasteiger partial charge < -0.3 is 19.5 Å². The molecule has 2 aromatic carbocycles. The molecule has 3 aromatic rings. The highest BCUT2D eigenvalue weighted by atomic mass is 16.5. The number of carbonyl (C=O) groups excluding carboxylic acids is 1. The predicted octanol–water partition coefficient (Wildman–Crippen LogP) is 3.64. The first-order chi connectivity index (χ1) is 14.6. The van der Waals surface area contributed by atoms with E-state index in [1.54, 1.807) is 11.9 Å². The fraction of sp³-hybridized carbons (Fsp3) is 0.348. The Hall–Kier alpha value is -3.35. The maximum atomic E-state index is 12.2. The lowest BCUT2D eigenvalue weighted by Crippen LogP contribution is -2.39. The van der Waals surface area contributed by atoms with Gasteiger partial charge in [-0.2, -0.15) is 4.98 Å². The molecule has 0 saturated carbocycles. The molecule has 1 aromatic heterocycles. The lowest BCUT2D eigenvalue weighted by molar-refractivity contribution is 0.209. The standard InChI is InChI=1S/C23H28N4O3/c1-3-18-9-11-20(12-10-18)29-17-22-25-21(26-30-22)14-16-27(2)23(28)24-15-13-19-7-5-4-6-8-19/h4-12H,3,13-17H2,1-2H3,(H,24,28). The number of nitrogens with one attached hydrogen (secondary N) is 1. The van der Waals surface area contributed by atoms with Gasteiger partial charge >= 0.3 is 6.03 Å². The molecule has 3 rings (SSSR count). The van der Waals surface area contributed by atoms with E-state index in [-0.39, 0.29) is 12.6 Å². The fourth-order valence-corrected chi connectivity index (χ4v) is 2.88. The largest absolute Gasteiger partial charge is 0.484 e. The first-order valence-electron chi connectivity index (χ1n) is 10.2. The Morgan fingerprint density at radius 3 is 2.57 bits per heavy atom. The molecule has 0 aliphatic heterocycles. The average molecular weight is 409 g/mol. The minimum absolute atomic E-state index is 0.117. The van der Waals surface area contributed by atoms with Crippen molar-refractivity contribution in [1.29, 1.82) is 0 Å². The minimum atomic E-state index is -0.117. The highest BCUT2D eigenvalue weighted by Gasteiger charge is 2.11. The summed E-state index contributed by atoms with van der Waals surface area (Å²) < 4.78 is 10.9. The van der Waals surface area contributed by atoms with E-state index in [0.29, 0.717) is 31.2 Å². The van der Waals surface area contributed by atoms with Crippen LogP contribution in [0.4, 0.5) is 4.79 Å². The van der Waals surface area contributed by atoms with Gasteiger partial charge in [0, 0.05) is 26.6 Å². The number of hydrogen-bond donors (Lipinski definition) is 1. The van der Waals surface area contributed by atoms with E-state index in [2.05, 4.69) is 22.4 Å². The Labute approximate surface area is 177 Å². The quantitative estimate of drug-likeness (QED) is 0.554. The summed E-state index contributed by atoms with van der Waals surface area (Å²) in [6.45, 7) is 3.42. The number of rotatable bonds is 10. The van der Waals surface area contributed by atoms with Crippen molar-refractivity contribution in [3.05, 3.63) is 77.4 Å². The Kier molecular flexibility index (Phi) is 7.83. The Morgan fingerprint density at radius 1 is 1.07 bits per heavy atom. The number of aryl methyl sites for hydroxylation is 1. The molecule has 0 atom stereocenters. The summed E-state index contributed by atoms with van der Waals surface area (Å²) in [5.41, 5.74) is 2.46. The number of carbonyl (C=O) groups is 1. The van der Waals surface area contributed by atoms with Crippen LogP contribution in [0.3, 0.4) is 0 Å². The number of nitrogens with zero attached hydrogens (tertiary/aromatic N) is 3. The smallest absolute Gasteiger partial charge is 0.317 e. The van der Waals surface area contributed by atoms with Gasteiger partial charge in [-0.25, -0.2) is 4.79 Å². The number of benzene rings is 2. The molecular formula is C23H28N4O3. The van der Waals surface area contributed by atoms with E-state index < -0.39 is 0 Å². The molecule has 0 aliphatic rings. The molecule has 0 saturated heterocycles. The van der Waals surface area contributed by atoms with Crippen molar-refractivity contribution in [2.45, 2.75) is 32.8 Å². The summed E-state index contributed by atoms with van der Waals surface area (Å²) in [5.74, 6) is 1.73. The van der Waals surface area contributed by atoms with Gasteiger partial charge in [0.15, 0.2) is 12.4 Å². The molecule has 1 N–H and O–H groups in total. The Balaban J connectivity index is 1.36. The Morgan fingerprint density at radius 2 is 1.83 bits per heavy atom. The van der Waals surface area contributed by atoms with Gasteiger partial charge in [0.05, 0.1) is 0 Å². The van der Waals surface area contributed by atoms with Gasteiger partial charge in [0.1, 0.15) is 5.75 Å². The van der Waals surface area contributed by atoms with Crippen molar-refractivity contribution in [2.24, 2.45) is 0 Å². The van der Waals surface area contributed by atoms with Crippen LogP contribution in [0.2, 0.25) is 0 Å². The third-order valence-corrected chi connectivity index (χ3v) is 4.75. The summed E-state index contributed by atoms with van der Waals surface area (Å²) in [6.07, 6.45) is 2.31. The fourth-order valence-electron chi connectivity index (χ4n) is 2.88. The average Bonchev–Trinajstić information content (AvgIpc) is 3.25. The number of hydrogen-bond acceptors (Lipinski definition) is 5. The van der Waals surface area contributed by atoms with Crippen LogP contribution in [-0.2, 0) is 25.9 Å². The SMILES string of the molecule is CCc1ccc(OCc2nc(CCN(C)C(=O)NCCc3ccccc3)no2)cc1. The van der Waals surface area contributed by atoms with Crippen molar-refractivity contribution in [3.8, 4) is 5.75 Å². The first kappa shape index (κ1) is 21.4. The third-order valence-electron chi connectivity index (χ3n) is 4.75. The highest BCUT2D eigenvalue weighted by Crippen LogP contribution is 2.14. The maximum Gasteiger partial charge on any atom is 0.317 e. The zero-order valence-electron chi connectivity index (χ0n) is 17.5. The summed E-state index contributed by atoms with van der Waals surface area (Å²) in [4.78, 5) is 18.1. The van der Waals surface area contributed by atoms with Crippen LogP contribution < -0.4 is 10.1 Å². The number of urea groups is 1. The number of aromatic nitrogens is 2. The minimum Gasteiger partial charge on any atom is -0.484 e. The van der Waals surface area contributed by atoms with Gasteiger partial charge in [0.25, 0.3) is 5.89 Å². The molecule has 0 spiro atoms. The molecule has 7 heteroatoms. The van der Waals surface area contributed by atoms with Crippen LogP contribution in [0.15, 0.2) is 59.1 Å². The molecule has 0 radical (unpaired) electrons. The van der Waals surface area contributed by atoms with E-state index in [9.17, 15) is 4.79 Å². The predicted molar refractivity (Wildman–Crippen MR) is 114 cm³/mol. The zero-order chi connectivity index (χ0) is 21.2. The second kappa shape index (κ2) is 11.0. The maximum absolute atomic E-state index is 12.2. The van der Waals surface area contributed by atoms with Crippen LogP contribution in [0.25, 0.3) is 0 Å². The van der Waals surface area contributed by atoms with E-state index in [1.807, 2.05) is 54.6 Å². The van der Waals surface area contributed by atoms with Crippen molar-refractivity contribution in [3.63, 3.8) is 0 Å². The highest BCUT2D eigenvalue weighted by molar-refractivity contribution is 5.73. The van der Waals surface area contributed by atoms with Crippen molar-refractivity contribution < 1.29 is 14.1 Å². The summed E-state index contributed by atoms with van der Waals surface area (Å²) in [6, 6.07) is 17.9. The third kappa shape index (κ3) is 6.62. The van der Waals surface area contributed by atoms with Crippen molar-refractivity contribution >= 4 is 6.03 Å². The molecule has 30 heavy (non-hydrogen) atoms. The second-order valence-electron chi connectivity index (χ2n) is 7.03. The Bertz CT molecular complexity index is 910. The van der Waals surface area contributed by atoms with Crippen molar-refractivity contribution in [1.82, 2.24) is 20.4 Å². The van der Waals surface area contributed by atoms with Crippen LogP contribution in [0.5, 0.6) is 5.75 Å². The molecule has 2 amide bonds. The van der Waals surface area contributed by atoms with E-state index in [4.69, 9.17) is 9.26 Å². The van der Waals surface area contributed by atoms with Crippen LogP contribution in [0, 0.1) is 0 Å². The molecule has 0 bridgehead atoms. The van der Waals surface area contributed by atoms with Crippen LogP contribution in [-0.4, -0.2) is 41.2 Å². The molecule has 0 unspecified atom stereocenters.